The average molecular weight is 278 g/mol. The lowest BCUT2D eigenvalue weighted by atomic mass is 10.1. The van der Waals surface area contributed by atoms with Gasteiger partial charge in [-0.3, -0.25) is 4.99 Å². The number of hydrogen-bond acceptors (Lipinski definition) is 4. The van der Waals surface area contributed by atoms with Crippen molar-refractivity contribution >= 4 is 17.3 Å². The molecule has 0 aliphatic carbocycles. The summed E-state index contributed by atoms with van der Waals surface area (Å²) in [6, 6.07) is 3.98. The Hall–Kier alpha value is -1.82. The van der Waals surface area contributed by atoms with Crippen molar-refractivity contribution in [3.63, 3.8) is 0 Å². The molecule has 102 valence electrons. The molecule has 1 atom stereocenters. The molecule has 0 aliphatic heterocycles. The molecule has 0 aliphatic rings. The summed E-state index contributed by atoms with van der Waals surface area (Å²) in [5.74, 6) is 1.22. The minimum Gasteiger partial charge on any atom is -0.364 e. The Balaban J connectivity index is 1.76. The molecule has 6 heteroatoms. The number of hydrogen-bond donors (Lipinski definition) is 2. The smallest absolute Gasteiger partial charge is 0.191 e. The zero-order valence-electron chi connectivity index (χ0n) is 11.1. The monoisotopic (exact) mass is 278 g/mol. The van der Waals surface area contributed by atoms with Gasteiger partial charge >= 0.3 is 0 Å². The Morgan fingerprint density at radius 3 is 3.00 bits per heavy atom. The van der Waals surface area contributed by atoms with Gasteiger partial charge in [-0.15, -0.1) is 0 Å². The Kier molecular flexibility index (Phi) is 4.97. The lowest BCUT2D eigenvalue weighted by Gasteiger charge is -2.14. The van der Waals surface area contributed by atoms with Crippen LogP contribution in [0.4, 0.5) is 0 Å². The van der Waals surface area contributed by atoms with Crippen molar-refractivity contribution in [2.24, 2.45) is 4.99 Å². The third-order valence-corrected chi connectivity index (χ3v) is 3.54. The lowest BCUT2D eigenvalue weighted by molar-refractivity contribution is 0.410. The van der Waals surface area contributed by atoms with Crippen molar-refractivity contribution in [3.05, 3.63) is 40.4 Å². The molecule has 0 fully saturated rings. The van der Waals surface area contributed by atoms with Gasteiger partial charge in [0.15, 0.2) is 5.96 Å². The van der Waals surface area contributed by atoms with Crippen LogP contribution in [0.15, 0.2) is 38.7 Å². The topological polar surface area (TPSA) is 62.5 Å². The molecule has 0 saturated heterocycles. The van der Waals surface area contributed by atoms with Crippen molar-refractivity contribution in [2.75, 3.05) is 13.6 Å². The van der Waals surface area contributed by atoms with Crippen molar-refractivity contribution in [3.8, 4) is 0 Å². The quantitative estimate of drug-likeness (QED) is 0.650. The van der Waals surface area contributed by atoms with Crippen LogP contribution in [0.1, 0.15) is 24.1 Å². The Bertz CT molecular complexity index is 493. The molecular weight excluding hydrogens is 260 g/mol. The van der Waals surface area contributed by atoms with Gasteiger partial charge in [0.2, 0.25) is 0 Å². The van der Waals surface area contributed by atoms with Crippen molar-refractivity contribution in [1.29, 1.82) is 0 Å². The minimum atomic E-state index is 0.455. The molecule has 0 aromatic carbocycles. The second-order valence-corrected chi connectivity index (χ2v) is 5.04. The summed E-state index contributed by atoms with van der Waals surface area (Å²) < 4.78 is 4.78. The standard InChI is InChI=1S/C13H18N4OS/c1-10(11-4-6-19-9-11)7-15-13(14-2)16-8-12-3-5-18-17-12/h3-6,9-10H,7-8H2,1-2H3,(H2,14,15,16). The zero-order valence-corrected chi connectivity index (χ0v) is 11.9. The van der Waals surface area contributed by atoms with E-state index in [1.165, 1.54) is 5.56 Å². The highest BCUT2D eigenvalue weighted by atomic mass is 32.1. The van der Waals surface area contributed by atoms with E-state index in [4.69, 9.17) is 4.52 Å². The van der Waals surface area contributed by atoms with E-state index in [0.717, 1.165) is 18.2 Å². The molecule has 0 spiro atoms. The van der Waals surface area contributed by atoms with E-state index in [1.807, 2.05) is 6.07 Å². The van der Waals surface area contributed by atoms with Gasteiger partial charge in [0.1, 0.15) is 12.0 Å². The Morgan fingerprint density at radius 2 is 2.37 bits per heavy atom. The maximum Gasteiger partial charge on any atom is 0.191 e. The van der Waals surface area contributed by atoms with E-state index in [9.17, 15) is 0 Å². The summed E-state index contributed by atoms with van der Waals surface area (Å²) in [7, 11) is 1.76. The minimum absolute atomic E-state index is 0.455. The fourth-order valence-electron chi connectivity index (χ4n) is 1.65. The van der Waals surface area contributed by atoms with Gasteiger partial charge in [-0.2, -0.15) is 11.3 Å². The van der Waals surface area contributed by atoms with Gasteiger partial charge in [0.25, 0.3) is 0 Å². The largest absolute Gasteiger partial charge is 0.364 e. The fraction of sp³-hybridized carbons (Fsp3) is 0.385. The van der Waals surface area contributed by atoms with E-state index in [2.05, 4.69) is 44.5 Å². The van der Waals surface area contributed by atoms with Gasteiger partial charge in [0, 0.05) is 19.7 Å². The summed E-state index contributed by atoms with van der Waals surface area (Å²) in [5.41, 5.74) is 2.21. The average Bonchev–Trinajstić information content (AvgIpc) is 3.11. The molecule has 2 aromatic rings. The van der Waals surface area contributed by atoms with Crippen LogP contribution >= 0.6 is 11.3 Å². The molecular formula is C13H18N4OS. The molecule has 5 nitrogen and oxygen atoms in total. The SMILES string of the molecule is CN=C(NCc1ccon1)NCC(C)c1ccsc1. The molecule has 0 bridgehead atoms. The maximum absolute atomic E-state index is 4.78. The van der Waals surface area contributed by atoms with Crippen LogP contribution in [-0.4, -0.2) is 24.7 Å². The highest BCUT2D eigenvalue weighted by molar-refractivity contribution is 7.07. The third kappa shape index (κ3) is 4.10. The Labute approximate surface area is 116 Å². The number of nitrogens with zero attached hydrogens (tertiary/aromatic N) is 2. The lowest BCUT2D eigenvalue weighted by Crippen LogP contribution is -2.38. The van der Waals surface area contributed by atoms with Gasteiger partial charge in [-0.05, 0) is 28.3 Å². The first-order valence-corrected chi connectivity index (χ1v) is 7.09. The van der Waals surface area contributed by atoms with E-state index >= 15 is 0 Å². The second kappa shape index (κ2) is 6.94. The second-order valence-electron chi connectivity index (χ2n) is 4.26. The van der Waals surface area contributed by atoms with Crippen LogP contribution in [0.2, 0.25) is 0 Å². The van der Waals surface area contributed by atoms with Gasteiger partial charge < -0.3 is 15.2 Å². The molecule has 2 heterocycles. The summed E-state index contributed by atoms with van der Waals surface area (Å²) in [6.45, 7) is 3.64. The van der Waals surface area contributed by atoms with Gasteiger partial charge in [0.05, 0.1) is 6.54 Å². The predicted octanol–water partition coefficient (Wildman–Crippen LogP) is 2.20. The fourth-order valence-corrected chi connectivity index (χ4v) is 2.43. The van der Waals surface area contributed by atoms with Crippen molar-refractivity contribution in [2.45, 2.75) is 19.4 Å². The molecule has 19 heavy (non-hydrogen) atoms. The molecule has 0 saturated carbocycles. The highest BCUT2D eigenvalue weighted by Crippen LogP contribution is 2.16. The third-order valence-electron chi connectivity index (χ3n) is 2.84. The first-order valence-electron chi connectivity index (χ1n) is 6.15. The van der Waals surface area contributed by atoms with Crippen LogP contribution in [0.3, 0.4) is 0 Å². The number of rotatable bonds is 5. The zero-order chi connectivity index (χ0) is 13.5. The predicted molar refractivity (Wildman–Crippen MR) is 77.4 cm³/mol. The summed E-state index contributed by atoms with van der Waals surface area (Å²) >= 11 is 1.72. The highest BCUT2D eigenvalue weighted by Gasteiger charge is 2.07. The van der Waals surface area contributed by atoms with Crippen LogP contribution in [0, 0.1) is 0 Å². The summed E-state index contributed by atoms with van der Waals surface area (Å²) in [4.78, 5) is 4.18. The number of aliphatic imine (C=N–C) groups is 1. The van der Waals surface area contributed by atoms with Crippen LogP contribution in [0.25, 0.3) is 0 Å². The van der Waals surface area contributed by atoms with E-state index in [1.54, 1.807) is 24.6 Å². The normalized spacial score (nSPS) is 13.3. The van der Waals surface area contributed by atoms with E-state index in [-0.39, 0.29) is 0 Å². The van der Waals surface area contributed by atoms with Crippen molar-refractivity contribution < 1.29 is 4.52 Å². The van der Waals surface area contributed by atoms with E-state index in [0.29, 0.717) is 12.5 Å². The first-order chi connectivity index (χ1) is 9.29. The van der Waals surface area contributed by atoms with E-state index < -0.39 is 0 Å². The molecule has 0 radical (unpaired) electrons. The van der Waals surface area contributed by atoms with Gasteiger partial charge in [-0.1, -0.05) is 12.1 Å². The van der Waals surface area contributed by atoms with Crippen LogP contribution in [-0.2, 0) is 6.54 Å². The summed E-state index contributed by atoms with van der Waals surface area (Å²) in [5, 5.41) is 14.6. The van der Waals surface area contributed by atoms with Crippen molar-refractivity contribution in [1.82, 2.24) is 15.8 Å². The number of thiophene rings is 1. The molecule has 1 unspecified atom stereocenters. The Morgan fingerprint density at radius 1 is 1.47 bits per heavy atom. The van der Waals surface area contributed by atoms with Crippen LogP contribution in [0.5, 0.6) is 0 Å². The molecule has 2 N–H and O–H groups in total. The molecule has 2 aromatic heterocycles. The van der Waals surface area contributed by atoms with Crippen LogP contribution < -0.4 is 10.6 Å². The molecule has 2 rings (SSSR count). The number of guanidine groups is 1. The first kappa shape index (κ1) is 13.6. The van der Waals surface area contributed by atoms with Gasteiger partial charge in [-0.25, -0.2) is 0 Å². The number of aromatic nitrogens is 1. The number of nitrogens with one attached hydrogen (secondary N) is 2. The summed E-state index contributed by atoms with van der Waals surface area (Å²) in [6.07, 6.45) is 1.56. The molecule has 0 amide bonds. The maximum atomic E-state index is 4.78.